The van der Waals surface area contributed by atoms with E-state index in [0.29, 0.717) is 19.8 Å². The van der Waals surface area contributed by atoms with Crippen LogP contribution in [0.25, 0.3) is 6.08 Å². The van der Waals surface area contributed by atoms with Crippen LogP contribution in [0.1, 0.15) is 39.2 Å². The first kappa shape index (κ1) is 20.7. The third kappa shape index (κ3) is 7.40. The van der Waals surface area contributed by atoms with E-state index in [1.807, 2.05) is 37.3 Å². The van der Waals surface area contributed by atoms with Crippen molar-refractivity contribution in [2.45, 2.75) is 33.6 Å². The quantitative estimate of drug-likeness (QED) is 0.380. The molecular weight excluding hydrogens is 314 g/mol. The van der Waals surface area contributed by atoms with Crippen molar-refractivity contribution < 1.29 is 9.53 Å². The lowest BCUT2D eigenvalue weighted by Gasteiger charge is -2.23. The number of nitriles is 1. The fourth-order valence-electron chi connectivity index (χ4n) is 2.48. The molecular formula is C20H29N3O2. The van der Waals surface area contributed by atoms with E-state index in [9.17, 15) is 10.1 Å². The van der Waals surface area contributed by atoms with Crippen LogP contribution in [-0.2, 0) is 9.53 Å². The molecule has 0 saturated carbocycles. The number of rotatable bonds is 11. The molecule has 0 heterocycles. The molecule has 0 atom stereocenters. The summed E-state index contributed by atoms with van der Waals surface area (Å²) in [7, 11) is 0. The van der Waals surface area contributed by atoms with Gasteiger partial charge in [-0.1, -0.05) is 26.0 Å². The number of carbonyl (C=O) groups excluding carboxylic acids is 1. The number of hydrogen-bond donors (Lipinski definition) is 1. The van der Waals surface area contributed by atoms with Crippen LogP contribution in [0.15, 0.2) is 29.8 Å². The Bertz CT molecular complexity index is 582. The topological polar surface area (TPSA) is 65.4 Å². The number of nitrogens with one attached hydrogen (secondary N) is 1. The van der Waals surface area contributed by atoms with Crippen LogP contribution in [0, 0.1) is 11.3 Å². The normalized spacial score (nSPS) is 11.0. The van der Waals surface area contributed by atoms with E-state index in [0.717, 1.165) is 31.5 Å². The average molecular weight is 343 g/mol. The second kappa shape index (κ2) is 12.1. The van der Waals surface area contributed by atoms with Gasteiger partial charge in [0, 0.05) is 31.9 Å². The lowest BCUT2D eigenvalue weighted by molar-refractivity contribution is -0.117. The molecule has 0 aliphatic rings. The third-order valence-corrected chi connectivity index (χ3v) is 3.66. The van der Waals surface area contributed by atoms with E-state index in [4.69, 9.17) is 4.74 Å². The maximum absolute atomic E-state index is 12.0. The minimum absolute atomic E-state index is 0.100. The fraction of sp³-hybridized carbons (Fsp3) is 0.500. The zero-order valence-corrected chi connectivity index (χ0v) is 15.5. The molecule has 0 saturated heterocycles. The first-order valence-electron chi connectivity index (χ1n) is 8.98. The van der Waals surface area contributed by atoms with Gasteiger partial charge in [0.15, 0.2) is 0 Å². The van der Waals surface area contributed by atoms with Gasteiger partial charge < -0.3 is 15.0 Å². The molecule has 0 bridgehead atoms. The summed E-state index contributed by atoms with van der Waals surface area (Å²) in [5, 5.41) is 11.9. The van der Waals surface area contributed by atoms with Gasteiger partial charge >= 0.3 is 0 Å². The smallest absolute Gasteiger partial charge is 0.262 e. The zero-order valence-electron chi connectivity index (χ0n) is 15.5. The van der Waals surface area contributed by atoms with Gasteiger partial charge in [-0.3, -0.25) is 4.79 Å². The first-order chi connectivity index (χ1) is 12.2. The van der Waals surface area contributed by atoms with E-state index in [1.165, 1.54) is 5.69 Å². The van der Waals surface area contributed by atoms with E-state index in [-0.39, 0.29) is 11.5 Å². The standard InChI is InChI=1S/C20H29N3O2/c1-4-12-23(13-5-2)19-9-7-17(8-10-19)15-18(16-21)20(24)22-11-14-25-6-3/h7-10,15H,4-6,11-14H2,1-3H3,(H,22,24)/b18-15+. The van der Waals surface area contributed by atoms with Crippen LogP contribution in [-0.4, -0.2) is 38.8 Å². The molecule has 0 aliphatic carbocycles. The van der Waals surface area contributed by atoms with Gasteiger partial charge in [0.2, 0.25) is 0 Å². The molecule has 5 heteroatoms. The van der Waals surface area contributed by atoms with Gasteiger partial charge in [-0.25, -0.2) is 0 Å². The summed E-state index contributed by atoms with van der Waals surface area (Å²) < 4.78 is 5.17. The lowest BCUT2D eigenvalue weighted by Crippen LogP contribution is -2.28. The molecule has 0 fully saturated rings. The Hall–Kier alpha value is -2.32. The van der Waals surface area contributed by atoms with Crippen LogP contribution < -0.4 is 10.2 Å². The fourth-order valence-corrected chi connectivity index (χ4v) is 2.48. The first-order valence-corrected chi connectivity index (χ1v) is 8.98. The summed E-state index contributed by atoms with van der Waals surface area (Å²) in [6, 6.07) is 9.93. The summed E-state index contributed by atoms with van der Waals surface area (Å²) in [6.45, 7) is 9.73. The number of nitrogens with zero attached hydrogens (tertiary/aromatic N) is 2. The molecule has 1 aromatic carbocycles. The van der Waals surface area contributed by atoms with E-state index >= 15 is 0 Å². The monoisotopic (exact) mass is 343 g/mol. The Balaban J connectivity index is 2.76. The van der Waals surface area contributed by atoms with Crippen LogP contribution in [0.5, 0.6) is 0 Å². The minimum atomic E-state index is -0.370. The molecule has 1 aromatic rings. The van der Waals surface area contributed by atoms with Crippen molar-refractivity contribution in [1.29, 1.82) is 5.26 Å². The van der Waals surface area contributed by atoms with E-state index < -0.39 is 0 Å². The lowest BCUT2D eigenvalue weighted by atomic mass is 10.1. The second-order valence-electron chi connectivity index (χ2n) is 5.70. The zero-order chi connectivity index (χ0) is 18.5. The molecule has 1 N–H and O–H groups in total. The number of ether oxygens (including phenoxy) is 1. The van der Waals surface area contributed by atoms with Crippen LogP contribution in [0.2, 0.25) is 0 Å². The van der Waals surface area contributed by atoms with Gasteiger partial charge in [-0.05, 0) is 43.5 Å². The molecule has 0 aliphatic heterocycles. The maximum atomic E-state index is 12.0. The van der Waals surface area contributed by atoms with Crippen molar-refractivity contribution in [3.63, 3.8) is 0 Å². The molecule has 0 aromatic heterocycles. The summed E-state index contributed by atoms with van der Waals surface area (Å²) >= 11 is 0. The largest absolute Gasteiger partial charge is 0.380 e. The Morgan fingerprint density at radius 1 is 1.20 bits per heavy atom. The molecule has 1 amide bonds. The Morgan fingerprint density at radius 3 is 2.36 bits per heavy atom. The molecule has 0 unspecified atom stereocenters. The summed E-state index contributed by atoms with van der Waals surface area (Å²) in [4.78, 5) is 14.4. The molecule has 25 heavy (non-hydrogen) atoms. The van der Waals surface area contributed by atoms with Crippen molar-refractivity contribution in [1.82, 2.24) is 5.32 Å². The third-order valence-electron chi connectivity index (χ3n) is 3.66. The highest BCUT2D eigenvalue weighted by atomic mass is 16.5. The van der Waals surface area contributed by atoms with Crippen LogP contribution >= 0.6 is 0 Å². The number of carbonyl (C=O) groups is 1. The van der Waals surface area contributed by atoms with E-state index in [1.54, 1.807) is 6.08 Å². The molecule has 136 valence electrons. The van der Waals surface area contributed by atoms with Gasteiger partial charge in [0.25, 0.3) is 5.91 Å². The van der Waals surface area contributed by atoms with Crippen molar-refractivity contribution in [3.05, 3.63) is 35.4 Å². The van der Waals surface area contributed by atoms with Crippen LogP contribution in [0.4, 0.5) is 5.69 Å². The van der Waals surface area contributed by atoms with Crippen molar-refractivity contribution in [2.24, 2.45) is 0 Å². The van der Waals surface area contributed by atoms with Gasteiger partial charge in [-0.2, -0.15) is 5.26 Å². The minimum Gasteiger partial charge on any atom is -0.380 e. The van der Waals surface area contributed by atoms with E-state index in [2.05, 4.69) is 24.1 Å². The Kier molecular flexibility index (Phi) is 10.0. The molecule has 0 radical (unpaired) electrons. The molecule has 0 spiro atoms. The molecule has 1 rings (SSSR count). The highest BCUT2D eigenvalue weighted by molar-refractivity contribution is 6.01. The Morgan fingerprint density at radius 2 is 1.84 bits per heavy atom. The van der Waals surface area contributed by atoms with Crippen molar-refractivity contribution in [3.8, 4) is 6.07 Å². The van der Waals surface area contributed by atoms with Gasteiger partial charge in [-0.15, -0.1) is 0 Å². The second-order valence-corrected chi connectivity index (χ2v) is 5.70. The van der Waals surface area contributed by atoms with Crippen molar-refractivity contribution in [2.75, 3.05) is 37.7 Å². The van der Waals surface area contributed by atoms with Gasteiger partial charge in [0.1, 0.15) is 11.6 Å². The number of benzene rings is 1. The summed E-state index contributed by atoms with van der Waals surface area (Å²) in [5.41, 5.74) is 2.11. The number of amides is 1. The van der Waals surface area contributed by atoms with Crippen LogP contribution in [0.3, 0.4) is 0 Å². The van der Waals surface area contributed by atoms with Gasteiger partial charge in [0.05, 0.1) is 6.61 Å². The maximum Gasteiger partial charge on any atom is 0.262 e. The predicted molar refractivity (Wildman–Crippen MR) is 102 cm³/mol. The summed E-state index contributed by atoms with van der Waals surface area (Å²) in [5.74, 6) is -0.370. The highest BCUT2D eigenvalue weighted by Crippen LogP contribution is 2.17. The SMILES string of the molecule is CCCN(CCC)c1ccc(/C=C(\C#N)C(=O)NCCOCC)cc1. The Labute approximate surface area is 151 Å². The number of anilines is 1. The van der Waals surface area contributed by atoms with Crippen molar-refractivity contribution >= 4 is 17.7 Å². The highest BCUT2D eigenvalue weighted by Gasteiger charge is 2.09. The number of hydrogen-bond acceptors (Lipinski definition) is 4. The summed E-state index contributed by atoms with van der Waals surface area (Å²) in [6.07, 6.45) is 3.81. The predicted octanol–water partition coefficient (Wildman–Crippen LogP) is 3.37. The molecule has 5 nitrogen and oxygen atoms in total. The average Bonchev–Trinajstić information content (AvgIpc) is 2.63.